The van der Waals surface area contributed by atoms with E-state index in [1.807, 2.05) is 13.8 Å². The van der Waals surface area contributed by atoms with Gasteiger partial charge in [0.2, 0.25) is 5.41 Å². The Bertz CT molecular complexity index is 627. The Kier molecular flexibility index (Phi) is 9.37. The smallest absolute Gasteiger partial charge is 0.411 e. The topological polar surface area (TPSA) is 40.5 Å². The van der Waals surface area contributed by atoms with Crippen LogP contribution >= 0.6 is 0 Å². The zero-order valence-electron chi connectivity index (χ0n) is 16.0. The number of benzene rings is 2. The van der Waals surface area contributed by atoms with Crippen molar-refractivity contribution in [2.75, 3.05) is 0 Å². The summed E-state index contributed by atoms with van der Waals surface area (Å²) in [5.41, 5.74) is -6.44. The Morgan fingerprint density at radius 3 is 1.00 bits per heavy atom. The lowest BCUT2D eigenvalue weighted by Crippen LogP contribution is -2.54. The highest BCUT2D eigenvalue weighted by atomic mass is 19.4. The third kappa shape index (κ3) is 5.33. The molecule has 0 atom stereocenters. The summed E-state index contributed by atoms with van der Waals surface area (Å²) in [6, 6.07) is 5.30. The molecule has 0 bridgehead atoms. The van der Waals surface area contributed by atoms with Gasteiger partial charge in [-0.25, -0.2) is 0 Å². The molecule has 0 unspecified atom stereocenters. The van der Waals surface area contributed by atoms with Crippen LogP contribution in [0.15, 0.2) is 48.5 Å². The zero-order chi connectivity index (χ0) is 22.2. The molecule has 28 heavy (non-hydrogen) atoms. The van der Waals surface area contributed by atoms with Gasteiger partial charge >= 0.3 is 12.4 Å². The van der Waals surface area contributed by atoms with Crippen molar-refractivity contribution < 1.29 is 36.6 Å². The molecular weight excluding hydrogens is 386 g/mol. The summed E-state index contributed by atoms with van der Waals surface area (Å²) in [6.45, 7) is 8.25. The molecule has 2 N–H and O–H groups in total. The van der Waals surface area contributed by atoms with Crippen LogP contribution in [0.3, 0.4) is 0 Å². The third-order valence-electron chi connectivity index (χ3n) is 3.45. The molecule has 0 aliphatic rings. The molecular formula is C20H24F6O2. The number of halogens is 6. The van der Waals surface area contributed by atoms with E-state index in [9.17, 15) is 26.3 Å². The molecule has 0 spiro atoms. The Balaban J connectivity index is 0.00000133. The summed E-state index contributed by atoms with van der Waals surface area (Å²) in [4.78, 5) is 0. The van der Waals surface area contributed by atoms with Crippen molar-refractivity contribution in [2.24, 2.45) is 0 Å². The predicted octanol–water partition coefficient (Wildman–Crippen LogP) is 6.95. The molecule has 0 fully saturated rings. The van der Waals surface area contributed by atoms with Crippen LogP contribution in [-0.2, 0) is 5.41 Å². The molecule has 0 saturated carbocycles. The number of rotatable bonds is 2. The third-order valence-corrected chi connectivity index (χ3v) is 3.45. The summed E-state index contributed by atoms with van der Waals surface area (Å²) in [6.07, 6.45) is -10.1. The first kappa shape index (κ1) is 25.6. The monoisotopic (exact) mass is 410 g/mol. The molecule has 0 aliphatic carbocycles. The van der Waals surface area contributed by atoms with Gasteiger partial charge in [-0.3, -0.25) is 0 Å². The largest absolute Gasteiger partial charge is 0.508 e. The van der Waals surface area contributed by atoms with Crippen LogP contribution in [0.5, 0.6) is 11.5 Å². The standard InChI is InChI=1S/C15H10F6O2.C3H8.C2H6/c16-14(17,18)13(15(19,20)21,9-1-5-11(22)6-2-9)10-3-7-12(23)8-4-10;1-3-2;1-2/h1-8,22-23H;3H2,1-2H3;1-2H3. The molecule has 0 aromatic heterocycles. The van der Waals surface area contributed by atoms with E-state index in [-0.39, 0.29) is 0 Å². The van der Waals surface area contributed by atoms with E-state index in [4.69, 9.17) is 10.2 Å². The van der Waals surface area contributed by atoms with Crippen molar-refractivity contribution in [1.82, 2.24) is 0 Å². The van der Waals surface area contributed by atoms with Crippen LogP contribution in [0.2, 0.25) is 0 Å². The first-order valence-electron chi connectivity index (χ1n) is 8.64. The fourth-order valence-corrected chi connectivity index (χ4v) is 2.40. The Hall–Kier alpha value is -2.38. The van der Waals surface area contributed by atoms with E-state index < -0.39 is 40.4 Å². The van der Waals surface area contributed by atoms with Crippen LogP contribution in [0.25, 0.3) is 0 Å². The van der Waals surface area contributed by atoms with E-state index in [1.54, 1.807) is 0 Å². The van der Waals surface area contributed by atoms with Gasteiger partial charge in [0, 0.05) is 0 Å². The molecule has 0 amide bonds. The molecule has 2 aromatic carbocycles. The average Bonchev–Trinajstić information content (AvgIpc) is 2.59. The van der Waals surface area contributed by atoms with Crippen molar-refractivity contribution in [2.45, 2.75) is 51.9 Å². The van der Waals surface area contributed by atoms with Gasteiger partial charge in [0.05, 0.1) is 0 Å². The molecule has 2 aromatic rings. The second-order valence-corrected chi connectivity index (χ2v) is 5.55. The molecule has 8 heteroatoms. The highest BCUT2D eigenvalue weighted by Crippen LogP contribution is 2.56. The number of hydrogen-bond acceptors (Lipinski definition) is 2. The van der Waals surface area contributed by atoms with Gasteiger partial charge < -0.3 is 10.2 Å². The zero-order valence-corrected chi connectivity index (χ0v) is 16.0. The van der Waals surface area contributed by atoms with Gasteiger partial charge in [-0.2, -0.15) is 26.3 Å². The van der Waals surface area contributed by atoms with Crippen molar-refractivity contribution in [3.05, 3.63) is 59.7 Å². The summed E-state index contributed by atoms with van der Waals surface area (Å²) in [5, 5.41) is 18.3. The van der Waals surface area contributed by atoms with E-state index in [0.717, 1.165) is 24.3 Å². The fourth-order valence-electron chi connectivity index (χ4n) is 2.40. The van der Waals surface area contributed by atoms with Crippen molar-refractivity contribution in [3.63, 3.8) is 0 Å². The highest BCUT2D eigenvalue weighted by Gasteiger charge is 2.72. The van der Waals surface area contributed by atoms with Gasteiger partial charge in [-0.05, 0) is 35.4 Å². The van der Waals surface area contributed by atoms with Crippen molar-refractivity contribution >= 4 is 0 Å². The van der Waals surface area contributed by atoms with E-state index in [0.29, 0.717) is 24.3 Å². The number of phenols is 2. The lowest BCUT2D eigenvalue weighted by atomic mass is 9.73. The molecule has 2 rings (SSSR count). The van der Waals surface area contributed by atoms with E-state index in [1.165, 1.54) is 6.42 Å². The van der Waals surface area contributed by atoms with Crippen LogP contribution < -0.4 is 0 Å². The number of hydrogen-bond donors (Lipinski definition) is 2. The Labute approximate surface area is 160 Å². The molecule has 0 aliphatic heterocycles. The van der Waals surface area contributed by atoms with E-state index >= 15 is 0 Å². The van der Waals surface area contributed by atoms with Crippen LogP contribution in [0.4, 0.5) is 26.3 Å². The maximum absolute atomic E-state index is 13.6. The Morgan fingerprint density at radius 1 is 0.607 bits per heavy atom. The van der Waals surface area contributed by atoms with Crippen molar-refractivity contribution in [1.29, 1.82) is 0 Å². The summed E-state index contributed by atoms with van der Waals surface area (Å²) >= 11 is 0. The number of aromatic hydroxyl groups is 2. The lowest BCUT2D eigenvalue weighted by Gasteiger charge is -2.38. The van der Waals surface area contributed by atoms with Crippen LogP contribution in [0.1, 0.15) is 45.2 Å². The maximum Gasteiger partial charge on any atom is 0.411 e. The lowest BCUT2D eigenvalue weighted by molar-refractivity contribution is -0.288. The molecule has 2 nitrogen and oxygen atoms in total. The second kappa shape index (κ2) is 10.2. The molecule has 158 valence electrons. The normalized spacial score (nSPS) is 11.6. The minimum atomic E-state index is -5.70. The predicted molar refractivity (Wildman–Crippen MR) is 96.4 cm³/mol. The second-order valence-electron chi connectivity index (χ2n) is 5.55. The summed E-state index contributed by atoms with van der Waals surface area (Å²) in [7, 11) is 0. The summed E-state index contributed by atoms with van der Waals surface area (Å²) in [5.74, 6) is -0.921. The first-order chi connectivity index (χ1) is 12.9. The van der Waals surface area contributed by atoms with Gasteiger partial charge in [0.1, 0.15) is 11.5 Å². The van der Waals surface area contributed by atoms with Crippen LogP contribution in [-0.4, -0.2) is 22.6 Å². The van der Waals surface area contributed by atoms with Crippen LogP contribution in [0, 0.1) is 0 Å². The highest BCUT2D eigenvalue weighted by molar-refractivity contribution is 5.46. The first-order valence-corrected chi connectivity index (χ1v) is 8.64. The van der Waals surface area contributed by atoms with Crippen molar-refractivity contribution in [3.8, 4) is 11.5 Å². The number of alkyl halides is 6. The molecule has 0 saturated heterocycles. The van der Waals surface area contributed by atoms with E-state index in [2.05, 4.69) is 13.8 Å². The van der Waals surface area contributed by atoms with Gasteiger partial charge in [-0.15, -0.1) is 0 Å². The molecule has 0 heterocycles. The number of phenolic OH excluding ortho intramolecular Hbond substituents is 2. The quantitative estimate of drug-likeness (QED) is 0.526. The van der Waals surface area contributed by atoms with Gasteiger partial charge in [0.25, 0.3) is 0 Å². The average molecular weight is 410 g/mol. The minimum Gasteiger partial charge on any atom is -0.508 e. The molecule has 0 radical (unpaired) electrons. The minimum absolute atomic E-state index is 0.460. The van der Waals surface area contributed by atoms with Gasteiger partial charge in [0.15, 0.2) is 0 Å². The SMILES string of the molecule is CC.CCC.Oc1ccc(C(c2ccc(O)cc2)(C(F)(F)F)C(F)(F)F)cc1. The summed E-state index contributed by atoms with van der Waals surface area (Å²) < 4.78 is 81.6. The Morgan fingerprint density at radius 2 is 0.821 bits per heavy atom. The van der Waals surface area contributed by atoms with Gasteiger partial charge in [-0.1, -0.05) is 58.4 Å². The maximum atomic E-state index is 13.6. The fraction of sp³-hybridized carbons (Fsp3) is 0.400.